The molecule has 0 radical (unpaired) electrons. The van der Waals surface area contributed by atoms with E-state index in [4.69, 9.17) is 4.74 Å². The molecule has 208 valence electrons. The van der Waals surface area contributed by atoms with Crippen LogP contribution in [0.25, 0.3) is 11.0 Å². The lowest BCUT2D eigenvalue weighted by Crippen LogP contribution is -2.38. The molecule has 2 aliphatic rings. The van der Waals surface area contributed by atoms with Gasteiger partial charge in [0.2, 0.25) is 17.4 Å². The van der Waals surface area contributed by atoms with Crippen LogP contribution in [-0.2, 0) is 4.79 Å². The van der Waals surface area contributed by atoms with Crippen molar-refractivity contribution in [1.82, 2.24) is 24.8 Å². The van der Waals surface area contributed by atoms with Gasteiger partial charge in [-0.3, -0.25) is 9.59 Å². The standard InChI is InChI=1S/C29H37FN6O3/c1-18(2)32-27(37)20-6-10-22(11-7-20)36-25-16-26(39-23-12-14-35(3)15-13-23)31-17-24(25)33-29(36)34-28(38)19-4-8-21(30)9-5-19/h4-5,8-9,16-18,20,22-23H,6-7,10-15H2,1-3H3,(H,32,37)(H,33,34,38)/t20-,22+. The molecular formula is C29H37FN6O3. The summed E-state index contributed by atoms with van der Waals surface area (Å²) in [5.74, 6) is -0.251. The van der Waals surface area contributed by atoms with Crippen LogP contribution >= 0.6 is 0 Å². The monoisotopic (exact) mass is 536 g/mol. The summed E-state index contributed by atoms with van der Waals surface area (Å²) in [6, 6.07) is 7.44. The van der Waals surface area contributed by atoms with Crippen molar-refractivity contribution in [3.05, 3.63) is 53.5 Å². The first-order valence-corrected chi connectivity index (χ1v) is 13.9. The molecular weight excluding hydrogens is 499 g/mol. The molecule has 39 heavy (non-hydrogen) atoms. The zero-order valence-electron chi connectivity index (χ0n) is 22.8. The van der Waals surface area contributed by atoms with Crippen molar-refractivity contribution in [3.63, 3.8) is 0 Å². The van der Waals surface area contributed by atoms with Gasteiger partial charge in [0, 0.05) is 42.7 Å². The second-order valence-corrected chi connectivity index (χ2v) is 11.1. The van der Waals surface area contributed by atoms with Crippen molar-refractivity contribution in [1.29, 1.82) is 0 Å². The molecule has 2 aromatic heterocycles. The Morgan fingerprint density at radius 2 is 1.79 bits per heavy atom. The molecule has 9 nitrogen and oxygen atoms in total. The number of hydrogen-bond donors (Lipinski definition) is 2. The smallest absolute Gasteiger partial charge is 0.280 e. The number of fused-ring (bicyclic) bond motifs is 1. The maximum Gasteiger partial charge on any atom is 0.280 e. The van der Waals surface area contributed by atoms with Crippen molar-refractivity contribution < 1.29 is 18.7 Å². The van der Waals surface area contributed by atoms with Gasteiger partial charge in [0.05, 0.1) is 17.2 Å². The van der Waals surface area contributed by atoms with Crippen LogP contribution in [0.3, 0.4) is 0 Å². The maximum atomic E-state index is 13.4. The van der Waals surface area contributed by atoms with Crippen molar-refractivity contribution in [2.45, 2.75) is 70.6 Å². The summed E-state index contributed by atoms with van der Waals surface area (Å²) in [5.41, 5.74) is 2.32. The number of carbonyl (C=O) groups is 2. The summed E-state index contributed by atoms with van der Waals surface area (Å²) in [7, 11) is 2.11. The Bertz CT molecular complexity index is 1380. The number of nitrogens with one attached hydrogen (secondary N) is 2. The van der Waals surface area contributed by atoms with E-state index in [9.17, 15) is 14.0 Å². The quantitative estimate of drug-likeness (QED) is 0.496. The average Bonchev–Trinajstić information content (AvgIpc) is 3.27. The van der Waals surface area contributed by atoms with Crippen LogP contribution in [0.2, 0.25) is 0 Å². The topological polar surface area (TPSA) is 105 Å². The number of hydrogen-bond acceptors (Lipinski definition) is 5. The number of benzene rings is 1. The molecule has 1 saturated heterocycles. The first-order valence-electron chi connectivity index (χ1n) is 13.9. The van der Waals surface area contributed by atoms with Crippen LogP contribution in [0.1, 0.15) is 68.8 Å². The van der Waals surface area contributed by atoms with Crippen molar-refractivity contribution >= 4 is 22.8 Å². The number of ether oxygens (including phenoxy) is 1. The molecule has 10 heteroatoms. The van der Waals surface area contributed by atoms with Crippen molar-refractivity contribution in [2.75, 3.05) is 20.1 Å². The number of piperidine rings is 1. The van der Waals surface area contributed by atoms with Gasteiger partial charge < -0.3 is 24.5 Å². The van der Waals surface area contributed by atoms with Crippen LogP contribution < -0.4 is 15.7 Å². The van der Waals surface area contributed by atoms with Gasteiger partial charge in [0.25, 0.3) is 5.91 Å². The molecule has 0 atom stereocenters. The van der Waals surface area contributed by atoms with E-state index in [0.717, 1.165) is 62.6 Å². The number of carbonyl (C=O) groups excluding carboxylic acids is 2. The van der Waals surface area contributed by atoms with Crippen LogP contribution in [0.5, 0.6) is 5.88 Å². The Morgan fingerprint density at radius 1 is 1.10 bits per heavy atom. The minimum absolute atomic E-state index is 0.0271. The van der Waals surface area contributed by atoms with Crippen LogP contribution in [0, 0.1) is 11.7 Å². The Labute approximate surface area is 227 Å². The second-order valence-electron chi connectivity index (χ2n) is 11.1. The van der Waals surface area contributed by atoms with Crippen LogP contribution in [0.15, 0.2) is 41.5 Å². The number of imidazole rings is 1. The van der Waals surface area contributed by atoms with Crippen molar-refractivity contribution in [2.24, 2.45) is 10.9 Å². The zero-order valence-corrected chi connectivity index (χ0v) is 22.8. The Balaban J connectivity index is 1.47. The van der Waals surface area contributed by atoms with E-state index >= 15 is 0 Å². The van der Waals surface area contributed by atoms with E-state index in [0.29, 0.717) is 17.1 Å². The number of rotatable bonds is 6. The fourth-order valence-corrected chi connectivity index (χ4v) is 5.56. The number of likely N-dealkylation sites (tertiary alicyclic amines) is 1. The molecule has 1 saturated carbocycles. The number of amides is 2. The third-order valence-corrected chi connectivity index (χ3v) is 7.71. The average molecular weight is 537 g/mol. The molecule has 1 aromatic carbocycles. The maximum absolute atomic E-state index is 13.4. The Hall–Kier alpha value is -3.53. The van der Waals surface area contributed by atoms with E-state index in [-0.39, 0.29) is 30.0 Å². The van der Waals surface area contributed by atoms with Gasteiger partial charge >= 0.3 is 0 Å². The molecule has 1 aliphatic carbocycles. The number of H-pyrrole nitrogens is 1. The lowest BCUT2D eigenvalue weighted by molar-refractivity contribution is -0.126. The van der Waals surface area contributed by atoms with Crippen LogP contribution in [0.4, 0.5) is 4.39 Å². The minimum atomic E-state index is -0.462. The SMILES string of the molecule is CC(C)NC(=O)[C@H]1CC[C@@H](n2/c(=N/C(=O)c3ccc(F)cc3)[nH]c3cnc(OC4CCN(C)CC4)cc32)CC1. The molecule has 0 unspecified atom stereocenters. The third kappa shape index (κ3) is 6.38. The van der Waals surface area contributed by atoms with E-state index < -0.39 is 11.7 Å². The zero-order chi connectivity index (χ0) is 27.5. The Kier molecular flexibility index (Phi) is 8.11. The molecule has 0 spiro atoms. The molecule has 3 heterocycles. The number of aromatic nitrogens is 3. The largest absolute Gasteiger partial charge is 0.474 e. The highest BCUT2D eigenvalue weighted by atomic mass is 19.1. The summed E-state index contributed by atoms with van der Waals surface area (Å²) in [4.78, 5) is 40.1. The van der Waals surface area contributed by atoms with E-state index in [2.05, 4.69) is 36.8 Å². The summed E-state index contributed by atoms with van der Waals surface area (Å²) < 4.78 is 21.7. The normalized spacial score (nSPS) is 21.4. The predicted molar refractivity (Wildman–Crippen MR) is 146 cm³/mol. The summed E-state index contributed by atoms with van der Waals surface area (Å²) >= 11 is 0. The summed E-state index contributed by atoms with van der Waals surface area (Å²) in [6.07, 6.45) is 6.76. The third-order valence-electron chi connectivity index (χ3n) is 7.71. The van der Waals surface area contributed by atoms with Gasteiger partial charge in [-0.15, -0.1) is 0 Å². The van der Waals surface area contributed by atoms with E-state index in [1.165, 1.54) is 24.3 Å². The van der Waals surface area contributed by atoms with Gasteiger partial charge in [0.1, 0.15) is 11.9 Å². The molecule has 3 aromatic rings. The molecule has 2 fully saturated rings. The molecule has 1 aliphatic heterocycles. The van der Waals surface area contributed by atoms with Crippen molar-refractivity contribution in [3.8, 4) is 5.88 Å². The summed E-state index contributed by atoms with van der Waals surface area (Å²) in [5, 5.41) is 3.03. The lowest BCUT2D eigenvalue weighted by Gasteiger charge is -2.30. The second kappa shape index (κ2) is 11.7. The predicted octanol–water partition coefficient (Wildman–Crippen LogP) is 3.97. The van der Waals surface area contributed by atoms with E-state index in [1.807, 2.05) is 19.9 Å². The molecule has 0 bridgehead atoms. The van der Waals surface area contributed by atoms with Gasteiger partial charge in [-0.05, 0) is 83.7 Å². The number of halogens is 1. The Morgan fingerprint density at radius 3 is 2.46 bits per heavy atom. The summed E-state index contributed by atoms with van der Waals surface area (Å²) in [6.45, 7) is 5.91. The molecule has 2 N–H and O–H groups in total. The van der Waals surface area contributed by atoms with Gasteiger partial charge in [-0.1, -0.05) is 0 Å². The lowest BCUT2D eigenvalue weighted by atomic mass is 9.85. The van der Waals surface area contributed by atoms with Crippen LogP contribution in [-0.4, -0.2) is 63.5 Å². The highest BCUT2D eigenvalue weighted by molar-refractivity contribution is 5.94. The highest BCUT2D eigenvalue weighted by Crippen LogP contribution is 2.34. The molecule has 2 amide bonds. The molecule has 5 rings (SSSR count). The highest BCUT2D eigenvalue weighted by Gasteiger charge is 2.29. The van der Waals surface area contributed by atoms with Gasteiger partial charge in [-0.2, -0.15) is 4.99 Å². The number of aromatic amines is 1. The first-order chi connectivity index (χ1) is 18.8. The fraction of sp³-hybridized carbons (Fsp3) is 0.517. The number of pyridine rings is 1. The minimum Gasteiger partial charge on any atom is -0.474 e. The number of nitrogens with zero attached hydrogens (tertiary/aromatic N) is 4. The van der Waals surface area contributed by atoms with Gasteiger partial charge in [0.15, 0.2) is 0 Å². The fourth-order valence-electron chi connectivity index (χ4n) is 5.56. The van der Waals surface area contributed by atoms with Gasteiger partial charge in [-0.25, -0.2) is 9.37 Å². The van der Waals surface area contributed by atoms with E-state index in [1.54, 1.807) is 6.20 Å². The first kappa shape index (κ1) is 27.1.